The second-order valence-electron chi connectivity index (χ2n) is 4.41. The Morgan fingerprint density at radius 2 is 2.05 bits per heavy atom. The fourth-order valence-electron chi connectivity index (χ4n) is 1.96. The number of nitrogens with zero attached hydrogens (tertiary/aromatic N) is 2. The lowest BCUT2D eigenvalue weighted by Crippen LogP contribution is -2.41. The zero-order valence-corrected chi connectivity index (χ0v) is 12.6. The number of carboxylic acid groups (broad SMARTS) is 1. The molecule has 0 spiro atoms. The predicted octanol–water partition coefficient (Wildman–Crippen LogP) is 1.50. The highest BCUT2D eigenvalue weighted by atomic mass is 32.2. The number of carboxylic acids is 1. The van der Waals surface area contributed by atoms with Gasteiger partial charge in [-0.1, -0.05) is 17.3 Å². The fourth-order valence-corrected chi connectivity index (χ4v) is 2.37. The molecular weight excluding hydrogens is 292 g/mol. The highest BCUT2D eigenvalue weighted by molar-refractivity contribution is 7.98. The molecule has 2 rings (SSSR count). The number of rotatable bonds is 5. The first-order valence-corrected chi connectivity index (χ1v) is 7.82. The Labute approximate surface area is 127 Å². The standard InChI is InChI=1S/C14H18N2O4S/c1-21-12-4-2-11(3-5-12)14(15-20-10-13(17)18)16-6-8-19-9-7-16/h2-5H,6-10H2,1H3,(H,17,18)/b15-14-. The van der Waals surface area contributed by atoms with Gasteiger partial charge in [-0.15, -0.1) is 11.8 Å². The van der Waals surface area contributed by atoms with Gasteiger partial charge in [0.05, 0.1) is 13.2 Å². The molecule has 0 radical (unpaired) electrons. The molecule has 1 N–H and O–H groups in total. The van der Waals surface area contributed by atoms with E-state index in [9.17, 15) is 4.79 Å². The van der Waals surface area contributed by atoms with E-state index in [2.05, 4.69) is 5.16 Å². The molecule has 7 heteroatoms. The summed E-state index contributed by atoms with van der Waals surface area (Å²) in [6, 6.07) is 7.94. The molecule has 0 bridgehead atoms. The summed E-state index contributed by atoms with van der Waals surface area (Å²) in [5.74, 6) is -0.398. The minimum Gasteiger partial charge on any atom is -0.479 e. The van der Waals surface area contributed by atoms with Crippen LogP contribution in [0.15, 0.2) is 34.3 Å². The molecule has 1 aliphatic rings. The van der Waals surface area contributed by atoms with E-state index in [0.717, 1.165) is 10.5 Å². The molecular formula is C14H18N2O4S. The minimum absolute atomic E-state index is 0.448. The summed E-state index contributed by atoms with van der Waals surface area (Å²) in [5.41, 5.74) is 0.903. The lowest BCUT2D eigenvalue weighted by atomic mass is 10.2. The van der Waals surface area contributed by atoms with Crippen molar-refractivity contribution in [3.63, 3.8) is 0 Å². The lowest BCUT2D eigenvalue weighted by molar-refractivity contribution is -0.142. The van der Waals surface area contributed by atoms with Gasteiger partial charge < -0.3 is 19.6 Å². The van der Waals surface area contributed by atoms with Crippen LogP contribution in [0.25, 0.3) is 0 Å². The van der Waals surface area contributed by atoms with Crippen LogP contribution in [0.2, 0.25) is 0 Å². The molecule has 0 aliphatic carbocycles. The molecule has 0 saturated carbocycles. The second kappa shape index (κ2) is 7.90. The summed E-state index contributed by atoms with van der Waals surface area (Å²) in [7, 11) is 0. The van der Waals surface area contributed by atoms with Gasteiger partial charge in [-0.05, 0) is 18.4 Å². The summed E-state index contributed by atoms with van der Waals surface area (Å²) in [4.78, 5) is 18.7. The Bertz CT molecular complexity index is 498. The van der Waals surface area contributed by atoms with Crippen molar-refractivity contribution in [1.29, 1.82) is 0 Å². The summed E-state index contributed by atoms with van der Waals surface area (Å²) in [6.45, 7) is 2.22. The summed E-state index contributed by atoms with van der Waals surface area (Å²) < 4.78 is 5.33. The normalized spacial score (nSPS) is 15.9. The van der Waals surface area contributed by atoms with Crippen molar-refractivity contribution in [2.45, 2.75) is 4.90 Å². The molecule has 0 unspecified atom stereocenters. The van der Waals surface area contributed by atoms with E-state index >= 15 is 0 Å². The van der Waals surface area contributed by atoms with Crippen molar-refractivity contribution in [3.05, 3.63) is 29.8 Å². The average Bonchev–Trinajstić information content (AvgIpc) is 2.52. The second-order valence-corrected chi connectivity index (χ2v) is 5.29. The Kier molecular flexibility index (Phi) is 5.89. The van der Waals surface area contributed by atoms with Gasteiger partial charge in [-0.2, -0.15) is 0 Å². The van der Waals surface area contributed by atoms with Gasteiger partial charge in [0.2, 0.25) is 6.61 Å². The average molecular weight is 310 g/mol. The molecule has 1 saturated heterocycles. The molecule has 0 atom stereocenters. The summed E-state index contributed by atoms with van der Waals surface area (Å²) >= 11 is 1.66. The molecule has 0 amide bonds. The monoisotopic (exact) mass is 310 g/mol. The van der Waals surface area contributed by atoms with Gasteiger partial charge in [0, 0.05) is 23.5 Å². The van der Waals surface area contributed by atoms with Crippen LogP contribution >= 0.6 is 11.8 Å². The fraction of sp³-hybridized carbons (Fsp3) is 0.429. The van der Waals surface area contributed by atoms with E-state index in [4.69, 9.17) is 14.7 Å². The summed E-state index contributed by atoms with van der Waals surface area (Å²) in [5, 5.41) is 12.7. The van der Waals surface area contributed by atoms with Crippen LogP contribution < -0.4 is 0 Å². The Morgan fingerprint density at radius 3 is 2.62 bits per heavy atom. The maximum Gasteiger partial charge on any atom is 0.344 e. The van der Waals surface area contributed by atoms with Gasteiger partial charge in [-0.25, -0.2) is 4.79 Å². The zero-order valence-electron chi connectivity index (χ0n) is 11.8. The number of carbonyl (C=O) groups is 1. The van der Waals surface area contributed by atoms with Crippen LogP contribution in [0.4, 0.5) is 0 Å². The number of oxime groups is 1. The molecule has 1 aromatic carbocycles. The highest BCUT2D eigenvalue weighted by Crippen LogP contribution is 2.17. The lowest BCUT2D eigenvalue weighted by Gasteiger charge is -2.29. The number of hydrogen-bond donors (Lipinski definition) is 1. The van der Waals surface area contributed by atoms with Crippen LogP contribution in [-0.4, -0.2) is 61.0 Å². The minimum atomic E-state index is -1.04. The van der Waals surface area contributed by atoms with Gasteiger partial charge >= 0.3 is 5.97 Å². The van der Waals surface area contributed by atoms with Crippen LogP contribution in [0.1, 0.15) is 5.56 Å². The molecule has 0 aromatic heterocycles. The van der Waals surface area contributed by atoms with Crippen molar-refractivity contribution in [2.75, 3.05) is 39.2 Å². The number of ether oxygens (including phenoxy) is 1. The molecule has 6 nitrogen and oxygen atoms in total. The third kappa shape index (κ3) is 4.64. The van der Waals surface area contributed by atoms with Crippen LogP contribution in [0.3, 0.4) is 0 Å². The quantitative estimate of drug-likeness (QED) is 0.385. The molecule has 1 aliphatic heterocycles. The van der Waals surface area contributed by atoms with Crippen molar-refractivity contribution in [3.8, 4) is 0 Å². The zero-order chi connectivity index (χ0) is 15.1. The first kappa shape index (κ1) is 15.7. The molecule has 21 heavy (non-hydrogen) atoms. The van der Waals surface area contributed by atoms with Gasteiger partial charge in [-0.3, -0.25) is 0 Å². The van der Waals surface area contributed by atoms with Gasteiger partial charge in [0.15, 0.2) is 5.84 Å². The van der Waals surface area contributed by atoms with E-state index in [1.165, 1.54) is 0 Å². The van der Waals surface area contributed by atoms with Crippen molar-refractivity contribution in [2.24, 2.45) is 5.16 Å². The van der Waals surface area contributed by atoms with E-state index in [1.807, 2.05) is 35.4 Å². The molecule has 1 heterocycles. The number of morpholine rings is 1. The van der Waals surface area contributed by atoms with Crippen molar-refractivity contribution >= 4 is 23.6 Å². The maximum atomic E-state index is 10.5. The van der Waals surface area contributed by atoms with Crippen LogP contribution in [0.5, 0.6) is 0 Å². The first-order chi connectivity index (χ1) is 10.2. The Balaban J connectivity index is 2.18. The number of thioether (sulfide) groups is 1. The third-order valence-corrected chi connectivity index (χ3v) is 3.74. The van der Waals surface area contributed by atoms with E-state index in [0.29, 0.717) is 32.1 Å². The van der Waals surface area contributed by atoms with Crippen molar-refractivity contribution in [1.82, 2.24) is 4.90 Å². The third-order valence-electron chi connectivity index (χ3n) is 3.00. The van der Waals surface area contributed by atoms with E-state index in [1.54, 1.807) is 11.8 Å². The molecule has 1 aromatic rings. The maximum absolute atomic E-state index is 10.5. The topological polar surface area (TPSA) is 71.4 Å². The molecule has 114 valence electrons. The number of benzene rings is 1. The van der Waals surface area contributed by atoms with Crippen LogP contribution in [-0.2, 0) is 14.4 Å². The van der Waals surface area contributed by atoms with E-state index in [-0.39, 0.29) is 0 Å². The van der Waals surface area contributed by atoms with Crippen molar-refractivity contribution < 1.29 is 19.5 Å². The number of amidine groups is 1. The number of hydrogen-bond acceptors (Lipinski definition) is 5. The largest absolute Gasteiger partial charge is 0.479 e. The Hall–Kier alpha value is -1.73. The predicted molar refractivity (Wildman–Crippen MR) is 80.7 cm³/mol. The van der Waals surface area contributed by atoms with Crippen LogP contribution in [0, 0.1) is 0 Å². The molecule has 1 fully saturated rings. The van der Waals surface area contributed by atoms with Gasteiger partial charge in [0.25, 0.3) is 0 Å². The van der Waals surface area contributed by atoms with Gasteiger partial charge in [0.1, 0.15) is 0 Å². The summed E-state index contributed by atoms with van der Waals surface area (Å²) in [6.07, 6.45) is 2.02. The SMILES string of the molecule is CSc1ccc(/C(=N/OCC(=O)O)N2CCOCC2)cc1. The number of aliphatic carboxylic acids is 1. The smallest absolute Gasteiger partial charge is 0.344 e. The Morgan fingerprint density at radius 1 is 1.38 bits per heavy atom. The van der Waals surface area contributed by atoms with E-state index < -0.39 is 12.6 Å². The first-order valence-electron chi connectivity index (χ1n) is 6.59. The highest BCUT2D eigenvalue weighted by Gasteiger charge is 2.18.